The summed E-state index contributed by atoms with van der Waals surface area (Å²) in [5.74, 6) is -1.33. The normalized spacial score (nSPS) is 11.5. The summed E-state index contributed by atoms with van der Waals surface area (Å²) < 4.78 is 1.74. The molecule has 4 rings (SSSR count). The van der Waals surface area contributed by atoms with Crippen LogP contribution in [0, 0.1) is 0 Å². The fourth-order valence-electron chi connectivity index (χ4n) is 3.29. The summed E-state index contributed by atoms with van der Waals surface area (Å²) in [7, 11) is 0. The quantitative estimate of drug-likeness (QED) is 0.303. The number of benzene rings is 2. The Labute approximate surface area is 221 Å². The minimum atomic E-state index is -1.33. The minimum absolute atomic E-state index is 0. The van der Waals surface area contributed by atoms with Crippen LogP contribution in [0.5, 0.6) is 0 Å². The van der Waals surface area contributed by atoms with Crippen molar-refractivity contribution in [3.05, 3.63) is 84.3 Å². The molecule has 0 aliphatic carbocycles. The Morgan fingerprint density at radius 2 is 1.87 bits per heavy atom. The molecule has 0 saturated heterocycles. The molecule has 8 nitrogen and oxygen atoms in total. The van der Waals surface area contributed by atoms with E-state index in [1.54, 1.807) is 17.1 Å². The summed E-state index contributed by atoms with van der Waals surface area (Å²) in [6, 6.07) is 15.2. The number of carboxylic acids is 1. The van der Waals surface area contributed by atoms with E-state index in [0.29, 0.717) is 0 Å². The molecule has 0 bridgehead atoms. The maximum atomic E-state index is 12.2. The topological polar surface area (TPSA) is 115 Å². The monoisotopic (exact) mass is 441 g/mol. The molecule has 0 aliphatic heterocycles. The zero-order valence-electron chi connectivity index (χ0n) is 17.0. The first kappa shape index (κ1) is 23.2. The van der Waals surface area contributed by atoms with Crippen LogP contribution in [0.3, 0.4) is 0 Å². The molecule has 0 unspecified atom stereocenters. The van der Waals surface area contributed by atoms with Crippen molar-refractivity contribution in [2.75, 3.05) is 0 Å². The van der Waals surface area contributed by atoms with Gasteiger partial charge >= 0.3 is 57.4 Å². The third kappa shape index (κ3) is 5.84. The van der Waals surface area contributed by atoms with Crippen LogP contribution in [0.25, 0.3) is 16.6 Å². The molecule has 1 atom stereocenters. The van der Waals surface area contributed by atoms with Gasteiger partial charge in [0, 0.05) is 42.5 Å². The molecule has 2 aromatic carbocycles. The van der Waals surface area contributed by atoms with Crippen LogP contribution in [-0.2, 0) is 17.8 Å². The second kappa shape index (κ2) is 10.7. The van der Waals surface area contributed by atoms with Crippen LogP contribution in [0.2, 0.25) is 0 Å². The molecule has 2 amide bonds. The third-order valence-electron chi connectivity index (χ3n) is 4.85. The van der Waals surface area contributed by atoms with Crippen LogP contribution in [-0.4, -0.2) is 32.8 Å². The molecule has 0 spiro atoms. The first-order chi connectivity index (χ1) is 14.6. The first-order valence-electron chi connectivity index (χ1n) is 9.49. The van der Waals surface area contributed by atoms with Gasteiger partial charge in [-0.3, -0.25) is 0 Å². The van der Waals surface area contributed by atoms with Crippen molar-refractivity contribution in [1.29, 1.82) is 0 Å². The number of amides is 2. The molecule has 31 heavy (non-hydrogen) atoms. The SMILES string of the molecule is O=C(NCc1ccc(-n2cccn2)cc1)N[C@@H](Cc1c[nH]c2ccccc12)C(=O)[O-].[K+]. The molecule has 0 saturated carbocycles. The van der Waals surface area contributed by atoms with Gasteiger partial charge in [-0.25, -0.2) is 9.48 Å². The maximum Gasteiger partial charge on any atom is 1.00 e. The maximum absolute atomic E-state index is 12.2. The Morgan fingerprint density at radius 3 is 2.58 bits per heavy atom. The van der Waals surface area contributed by atoms with E-state index in [1.807, 2.05) is 60.8 Å². The number of para-hydroxylation sites is 1. The smallest absolute Gasteiger partial charge is 0.548 e. The van der Waals surface area contributed by atoms with Crippen molar-refractivity contribution >= 4 is 22.9 Å². The van der Waals surface area contributed by atoms with E-state index in [0.717, 1.165) is 27.7 Å². The summed E-state index contributed by atoms with van der Waals surface area (Å²) in [5, 5.41) is 21.8. The van der Waals surface area contributed by atoms with E-state index in [-0.39, 0.29) is 64.4 Å². The number of hydrogen-bond acceptors (Lipinski definition) is 4. The number of nitrogens with zero attached hydrogens (tertiary/aromatic N) is 2. The Morgan fingerprint density at radius 1 is 1.10 bits per heavy atom. The molecule has 2 heterocycles. The second-order valence-electron chi connectivity index (χ2n) is 6.88. The molecular formula is C22H20KN5O3. The van der Waals surface area contributed by atoms with Crippen molar-refractivity contribution in [2.24, 2.45) is 0 Å². The zero-order chi connectivity index (χ0) is 20.9. The number of aromatic nitrogens is 3. The number of nitrogens with one attached hydrogen (secondary N) is 3. The van der Waals surface area contributed by atoms with Crippen molar-refractivity contribution < 1.29 is 66.1 Å². The van der Waals surface area contributed by atoms with Crippen LogP contribution < -0.4 is 67.1 Å². The summed E-state index contributed by atoms with van der Waals surface area (Å²) in [4.78, 5) is 26.9. The first-order valence-corrected chi connectivity index (χ1v) is 9.49. The molecule has 152 valence electrons. The Kier molecular flexibility index (Phi) is 8.05. The fraction of sp³-hybridized carbons (Fsp3) is 0.136. The number of hydrogen-bond donors (Lipinski definition) is 3. The number of fused-ring (bicyclic) bond motifs is 1. The molecule has 0 fully saturated rings. The van der Waals surface area contributed by atoms with Gasteiger partial charge in [0.1, 0.15) is 0 Å². The van der Waals surface area contributed by atoms with Gasteiger partial charge in [-0.1, -0.05) is 30.3 Å². The number of carboxylic acid groups (broad SMARTS) is 1. The number of carbonyl (C=O) groups is 2. The van der Waals surface area contributed by atoms with Crippen LogP contribution in [0.15, 0.2) is 73.2 Å². The third-order valence-corrected chi connectivity index (χ3v) is 4.85. The number of rotatable bonds is 7. The molecule has 3 N–H and O–H groups in total. The second-order valence-corrected chi connectivity index (χ2v) is 6.88. The summed E-state index contributed by atoms with van der Waals surface area (Å²) in [6.45, 7) is 0.262. The van der Waals surface area contributed by atoms with Crippen molar-refractivity contribution in [1.82, 2.24) is 25.4 Å². The number of carbonyl (C=O) groups excluding carboxylic acids is 2. The summed E-state index contributed by atoms with van der Waals surface area (Å²) >= 11 is 0. The molecule has 4 aromatic rings. The fourth-order valence-corrected chi connectivity index (χ4v) is 3.29. The summed E-state index contributed by atoms with van der Waals surface area (Å²) in [5.41, 5.74) is 3.49. The van der Waals surface area contributed by atoms with E-state index in [1.165, 1.54) is 0 Å². The molecule has 0 radical (unpaired) electrons. The van der Waals surface area contributed by atoms with Gasteiger partial charge < -0.3 is 25.5 Å². The molecule has 2 aromatic heterocycles. The van der Waals surface area contributed by atoms with Gasteiger partial charge in [0.05, 0.1) is 17.7 Å². The van der Waals surface area contributed by atoms with Gasteiger partial charge in [0.2, 0.25) is 0 Å². The predicted octanol–water partition coefficient (Wildman–Crippen LogP) is -1.48. The molecule has 0 aliphatic rings. The number of H-pyrrole nitrogens is 1. The van der Waals surface area contributed by atoms with Gasteiger partial charge in [0.25, 0.3) is 0 Å². The number of aliphatic carboxylic acids is 1. The standard InChI is InChI=1S/C22H21N5O3.K/c28-21(29)20(12-16-14-23-19-5-2-1-4-18(16)19)26-22(30)24-13-15-6-8-17(9-7-15)27-11-3-10-25-27;/h1-11,14,20,23H,12-13H2,(H,28,29)(H2,24,26,30);/q;+1/p-1/t20-;/m0./s1. The van der Waals surface area contributed by atoms with Gasteiger partial charge in [-0.05, 0) is 35.4 Å². The van der Waals surface area contributed by atoms with E-state index < -0.39 is 18.0 Å². The number of urea groups is 1. The number of aromatic amines is 1. The van der Waals surface area contributed by atoms with E-state index in [4.69, 9.17) is 0 Å². The van der Waals surface area contributed by atoms with Crippen molar-refractivity contribution in [3.8, 4) is 5.69 Å². The van der Waals surface area contributed by atoms with Crippen molar-refractivity contribution in [2.45, 2.75) is 19.0 Å². The largest absolute Gasteiger partial charge is 1.00 e. The Bertz CT molecular complexity index is 1160. The van der Waals surface area contributed by atoms with Gasteiger partial charge in [0.15, 0.2) is 0 Å². The average Bonchev–Trinajstić information content (AvgIpc) is 3.43. The zero-order valence-corrected chi connectivity index (χ0v) is 20.2. The van der Waals surface area contributed by atoms with Gasteiger partial charge in [-0.2, -0.15) is 5.10 Å². The average molecular weight is 442 g/mol. The molecule has 9 heteroatoms. The molecular weight excluding hydrogens is 421 g/mol. The van der Waals surface area contributed by atoms with E-state index in [9.17, 15) is 14.7 Å². The van der Waals surface area contributed by atoms with Gasteiger partial charge in [-0.15, -0.1) is 0 Å². The van der Waals surface area contributed by atoms with Crippen LogP contribution in [0.4, 0.5) is 4.79 Å². The predicted molar refractivity (Wildman–Crippen MR) is 110 cm³/mol. The van der Waals surface area contributed by atoms with Crippen LogP contribution in [0.1, 0.15) is 11.1 Å². The van der Waals surface area contributed by atoms with Crippen LogP contribution >= 0.6 is 0 Å². The minimum Gasteiger partial charge on any atom is -0.548 e. The Balaban J connectivity index is 0.00000272. The van der Waals surface area contributed by atoms with Crippen molar-refractivity contribution in [3.63, 3.8) is 0 Å². The van der Waals surface area contributed by atoms with E-state index >= 15 is 0 Å². The Hall–Kier alpha value is -2.43. The summed E-state index contributed by atoms with van der Waals surface area (Å²) in [6.07, 6.45) is 5.41. The van der Waals surface area contributed by atoms with E-state index in [2.05, 4.69) is 20.7 Å².